The van der Waals surface area contributed by atoms with E-state index in [4.69, 9.17) is 10.00 Å². The SMILES string of the molecule is CCOC(=O)C(C#N)=CN(C)c1ccccc1C. The van der Waals surface area contributed by atoms with Crippen LogP contribution >= 0.6 is 0 Å². The van der Waals surface area contributed by atoms with Crippen LogP contribution in [0, 0.1) is 18.3 Å². The number of carbonyl (C=O) groups excluding carboxylic acids is 1. The molecule has 1 rings (SSSR count). The highest BCUT2D eigenvalue weighted by atomic mass is 16.5. The number of carbonyl (C=O) groups is 1. The third-order valence-corrected chi connectivity index (χ3v) is 2.43. The van der Waals surface area contributed by atoms with E-state index in [1.165, 1.54) is 6.20 Å². The van der Waals surface area contributed by atoms with Crippen molar-refractivity contribution in [1.29, 1.82) is 5.26 Å². The summed E-state index contributed by atoms with van der Waals surface area (Å²) < 4.78 is 4.81. The number of aryl methyl sites for hydroxylation is 1. The molecule has 94 valence electrons. The van der Waals surface area contributed by atoms with Crippen molar-refractivity contribution in [3.63, 3.8) is 0 Å². The molecule has 0 saturated heterocycles. The summed E-state index contributed by atoms with van der Waals surface area (Å²) >= 11 is 0. The van der Waals surface area contributed by atoms with Crippen molar-refractivity contribution in [1.82, 2.24) is 0 Å². The van der Waals surface area contributed by atoms with Crippen molar-refractivity contribution >= 4 is 11.7 Å². The Bertz CT molecular complexity index is 501. The molecule has 0 spiro atoms. The highest BCUT2D eigenvalue weighted by molar-refractivity contribution is 5.93. The zero-order chi connectivity index (χ0) is 13.5. The third kappa shape index (κ3) is 3.36. The van der Waals surface area contributed by atoms with E-state index < -0.39 is 5.97 Å². The smallest absolute Gasteiger partial charge is 0.350 e. The van der Waals surface area contributed by atoms with Gasteiger partial charge in [0.05, 0.1) is 6.61 Å². The maximum Gasteiger partial charge on any atom is 0.350 e. The fraction of sp³-hybridized carbons (Fsp3) is 0.286. The van der Waals surface area contributed by atoms with Crippen molar-refractivity contribution in [2.45, 2.75) is 13.8 Å². The van der Waals surface area contributed by atoms with Crippen LogP contribution in [0.3, 0.4) is 0 Å². The maximum absolute atomic E-state index is 11.5. The van der Waals surface area contributed by atoms with Crippen molar-refractivity contribution in [3.8, 4) is 6.07 Å². The Morgan fingerprint density at radius 1 is 1.50 bits per heavy atom. The van der Waals surface area contributed by atoms with E-state index in [2.05, 4.69) is 0 Å². The number of nitriles is 1. The van der Waals surface area contributed by atoms with Gasteiger partial charge in [-0.15, -0.1) is 0 Å². The van der Waals surface area contributed by atoms with E-state index >= 15 is 0 Å². The average Bonchev–Trinajstić information content (AvgIpc) is 2.36. The number of rotatable bonds is 4. The van der Waals surface area contributed by atoms with E-state index in [0.717, 1.165) is 11.3 Å². The second kappa shape index (κ2) is 6.45. The van der Waals surface area contributed by atoms with Crippen LogP contribution in [0.5, 0.6) is 0 Å². The number of para-hydroxylation sites is 1. The summed E-state index contributed by atoms with van der Waals surface area (Å²) in [5.74, 6) is -0.597. The zero-order valence-electron chi connectivity index (χ0n) is 10.8. The average molecular weight is 244 g/mol. The van der Waals surface area contributed by atoms with Gasteiger partial charge in [-0.05, 0) is 25.5 Å². The molecule has 4 heteroatoms. The number of hydrogen-bond acceptors (Lipinski definition) is 4. The van der Waals surface area contributed by atoms with Gasteiger partial charge in [0, 0.05) is 18.9 Å². The second-order valence-electron chi connectivity index (χ2n) is 3.77. The molecule has 0 aliphatic rings. The molecule has 0 atom stereocenters. The van der Waals surface area contributed by atoms with Gasteiger partial charge in [0.1, 0.15) is 6.07 Å². The standard InChI is InChI=1S/C14H16N2O2/c1-4-18-14(17)12(9-15)10-16(3)13-8-6-5-7-11(13)2/h5-8,10H,4H2,1-3H3. The third-order valence-electron chi connectivity index (χ3n) is 2.43. The van der Waals surface area contributed by atoms with Crippen LogP contribution in [0.4, 0.5) is 5.69 Å². The van der Waals surface area contributed by atoms with Gasteiger partial charge in [0.2, 0.25) is 0 Å². The summed E-state index contributed by atoms with van der Waals surface area (Å²) in [4.78, 5) is 13.2. The lowest BCUT2D eigenvalue weighted by atomic mass is 10.2. The number of nitrogens with zero attached hydrogens (tertiary/aromatic N) is 2. The topological polar surface area (TPSA) is 53.3 Å². The first-order chi connectivity index (χ1) is 8.60. The molecule has 0 amide bonds. The highest BCUT2D eigenvalue weighted by Gasteiger charge is 2.11. The van der Waals surface area contributed by atoms with Crippen LogP contribution < -0.4 is 4.90 Å². The predicted octanol–water partition coefficient (Wildman–Crippen LogP) is 2.40. The predicted molar refractivity (Wildman–Crippen MR) is 69.9 cm³/mol. The van der Waals surface area contributed by atoms with Gasteiger partial charge in [-0.25, -0.2) is 4.79 Å². The fourth-order valence-corrected chi connectivity index (χ4v) is 1.56. The van der Waals surface area contributed by atoms with Gasteiger partial charge in [-0.2, -0.15) is 5.26 Å². The Labute approximate surface area is 107 Å². The van der Waals surface area contributed by atoms with Gasteiger partial charge >= 0.3 is 5.97 Å². The summed E-state index contributed by atoms with van der Waals surface area (Å²) in [5.41, 5.74) is 1.99. The van der Waals surface area contributed by atoms with Gasteiger partial charge in [-0.1, -0.05) is 18.2 Å². The summed E-state index contributed by atoms with van der Waals surface area (Å²) in [6, 6.07) is 9.59. The Kier molecular flexibility index (Phi) is 4.94. The minimum absolute atomic E-state index is 0.0115. The van der Waals surface area contributed by atoms with Crippen LogP contribution in [0.15, 0.2) is 36.0 Å². The molecule has 1 aromatic rings. The van der Waals surface area contributed by atoms with Gasteiger partial charge < -0.3 is 9.64 Å². The molecule has 4 nitrogen and oxygen atoms in total. The molecule has 0 N–H and O–H groups in total. The molecule has 0 fully saturated rings. The lowest BCUT2D eigenvalue weighted by molar-refractivity contribution is -0.138. The van der Waals surface area contributed by atoms with E-state index in [9.17, 15) is 4.79 Å². The summed E-state index contributed by atoms with van der Waals surface area (Å²) in [6.07, 6.45) is 1.49. The molecule has 0 bridgehead atoms. The number of ether oxygens (including phenoxy) is 1. The molecular formula is C14H16N2O2. The van der Waals surface area contributed by atoms with Crippen LogP contribution in [0.1, 0.15) is 12.5 Å². The first-order valence-electron chi connectivity index (χ1n) is 5.67. The van der Waals surface area contributed by atoms with Crippen LogP contribution in [-0.2, 0) is 9.53 Å². The van der Waals surface area contributed by atoms with Crippen molar-refractivity contribution in [2.75, 3.05) is 18.6 Å². The van der Waals surface area contributed by atoms with Gasteiger partial charge in [0.25, 0.3) is 0 Å². The zero-order valence-corrected chi connectivity index (χ0v) is 10.8. The van der Waals surface area contributed by atoms with E-state index in [1.807, 2.05) is 37.3 Å². The Morgan fingerprint density at radius 2 is 2.17 bits per heavy atom. The largest absolute Gasteiger partial charge is 0.462 e. The minimum atomic E-state index is -0.597. The molecule has 0 saturated carbocycles. The molecular weight excluding hydrogens is 228 g/mol. The van der Waals surface area contributed by atoms with Crippen molar-refractivity contribution < 1.29 is 9.53 Å². The van der Waals surface area contributed by atoms with Crippen molar-refractivity contribution in [3.05, 3.63) is 41.6 Å². The number of anilines is 1. The number of benzene rings is 1. The molecule has 0 aliphatic carbocycles. The molecule has 0 radical (unpaired) electrons. The van der Waals surface area contributed by atoms with Gasteiger partial charge in [0.15, 0.2) is 5.57 Å². The maximum atomic E-state index is 11.5. The normalized spacial score (nSPS) is 10.7. The first-order valence-corrected chi connectivity index (χ1v) is 5.67. The second-order valence-corrected chi connectivity index (χ2v) is 3.77. The lowest BCUT2D eigenvalue weighted by Gasteiger charge is -2.17. The fourth-order valence-electron chi connectivity index (χ4n) is 1.56. The Balaban J connectivity index is 2.97. The Hall–Kier alpha value is -2.28. The van der Waals surface area contributed by atoms with E-state index in [0.29, 0.717) is 0 Å². The minimum Gasteiger partial charge on any atom is -0.462 e. The summed E-state index contributed by atoms with van der Waals surface area (Å²) in [7, 11) is 1.79. The monoisotopic (exact) mass is 244 g/mol. The quantitative estimate of drug-likeness (QED) is 0.463. The number of esters is 1. The van der Waals surface area contributed by atoms with E-state index in [1.54, 1.807) is 18.9 Å². The highest BCUT2D eigenvalue weighted by Crippen LogP contribution is 2.18. The van der Waals surface area contributed by atoms with Crippen LogP contribution in [0.2, 0.25) is 0 Å². The van der Waals surface area contributed by atoms with Crippen molar-refractivity contribution in [2.24, 2.45) is 0 Å². The molecule has 0 aliphatic heterocycles. The summed E-state index contributed by atoms with van der Waals surface area (Å²) in [5, 5.41) is 8.94. The number of hydrogen-bond donors (Lipinski definition) is 0. The molecule has 1 aromatic carbocycles. The molecule has 0 unspecified atom stereocenters. The Morgan fingerprint density at radius 3 is 2.72 bits per heavy atom. The van der Waals surface area contributed by atoms with Gasteiger partial charge in [-0.3, -0.25) is 0 Å². The lowest BCUT2D eigenvalue weighted by Crippen LogP contribution is -2.14. The molecule has 18 heavy (non-hydrogen) atoms. The first kappa shape index (κ1) is 13.8. The van der Waals surface area contributed by atoms with Crippen LogP contribution in [0.25, 0.3) is 0 Å². The summed E-state index contributed by atoms with van der Waals surface area (Å²) in [6.45, 7) is 3.93. The van der Waals surface area contributed by atoms with Crippen LogP contribution in [-0.4, -0.2) is 19.6 Å². The molecule has 0 aromatic heterocycles. The molecule has 0 heterocycles. The van der Waals surface area contributed by atoms with E-state index in [-0.39, 0.29) is 12.2 Å².